The number of anilines is 1. The van der Waals surface area contributed by atoms with Gasteiger partial charge in [0.15, 0.2) is 5.43 Å². The quantitative estimate of drug-likeness (QED) is 0.458. The monoisotopic (exact) mass is 441 g/mol. The number of hydrogen-bond acceptors (Lipinski definition) is 6. The highest BCUT2D eigenvalue weighted by atomic mass is 35.5. The summed E-state index contributed by atoms with van der Waals surface area (Å²) in [7, 11) is 0. The number of fused-ring (bicyclic) bond motifs is 2. The summed E-state index contributed by atoms with van der Waals surface area (Å²) < 4.78 is 20.6. The molecule has 0 aliphatic carbocycles. The van der Waals surface area contributed by atoms with Crippen LogP contribution in [0.3, 0.4) is 0 Å². The van der Waals surface area contributed by atoms with Crippen molar-refractivity contribution in [2.45, 2.75) is 19.4 Å². The normalized spacial score (nSPS) is 15.8. The van der Waals surface area contributed by atoms with Crippen LogP contribution in [0.4, 0.5) is 9.52 Å². The van der Waals surface area contributed by atoms with Gasteiger partial charge in [0, 0.05) is 10.6 Å². The molecular formula is C21H13ClFN3O3S. The Kier molecular flexibility index (Phi) is 4.41. The molecule has 30 heavy (non-hydrogen) atoms. The van der Waals surface area contributed by atoms with Crippen LogP contribution >= 0.6 is 22.9 Å². The standard InChI is InChI=1S/C21H13ClFN3O3S/c1-2-15-24-25-21(30-15)26-17(11-5-3-4-6-13(11)23)16-18(27)12-9-10(22)7-8-14(12)29-19(16)20(26)28/h3-9,17H,2H2,1H3/t17-/m1/s1. The number of carbonyl (C=O) groups is 1. The van der Waals surface area contributed by atoms with Crippen LogP contribution in [-0.2, 0) is 6.42 Å². The largest absolute Gasteiger partial charge is 0.450 e. The van der Waals surface area contributed by atoms with Crippen molar-refractivity contribution >= 4 is 44.9 Å². The molecule has 0 bridgehead atoms. The van der Waals surface area contributed by atoms with E-state index in [1.54, 1.807) is 24.3 Å². The van der Waals surface area contributed by atoms with Crippen LogP contribution in [0, 0.1) is 5.82 Å². The molecule has 4 aromatic rings. The van der Waals surface area contributed by atoms with Crippen LogP contribution in [0.15, 0.2) is 51.7 Å². The van der Waals surface area contributed by atoms with Gasteiger partial charge in [0.05, 0.1) is 10.9 Å². The Bertz CT molecular complexity index is 1380. The van der Waals surface area contributed by atoms with Gasteiger partial charge in [-0.2, -0.15) is 0 Å². The Morgan fingerprint density at radius 3 is 2.73 bits per heavy atom. The molecule has 9 heteroatoms. The van der Waals surface area contributed by atoms with Crippen molar-refractivity contribution in [3.63, 3.8) is 0 Å². The van der Waals surface area contributed by atoms with E-state index in [0.29, 0.717) is 11.4 Å². The average Bonchev–Trinajstić information content (AvgIpc) is 3.32. The highest BCUT2D eigenvalue weighted by Crippen LogP contribution is 2.42. The summed E-state index contributed by atoms with van der Waals surface area (Å²) in [6.45, 7) is 1.92. The molecule has 1 aliphatic rings. The number of halogens is 2. The lowest BCUT2D eigenvalue weighted by Crippen LogP contribution is -2.30. The Morgan fingerprint density at radius 1 is 1.20 bits per heavy atom. The molecule has 0 saturated carbocycles. The van der Waals surface area contributed by atoms with Gasteiger partial charge in [-0.3, -0.25) is 14.5 Å². The third-order valence-corrected chi connectivity index (χ3v) is 6.30. The topological polar surface area (TPSA) is 76.3 Å². The molecule has 3 heterocycles. The lowest BCUT2D eigenvalue weighted by molar-refractivity contribution is 0.0970. The van der Waals surface area contributed by atoms with Crippen LogP contribution in [0.5, 0.6) is 0 Å². The summed E-state index contributed by atoms with van der Waals surface area (Å²) in [6.07, 6.45) is 0.635. The van der Waals surface area contributed by atoms with Crippen LogP contribution in [0.1, 0.15) is 39.7 Å². The number of amides is 1. The maximum atomic E-state index is 14.8. The summed E-state index contributed by atoms with van der Waals surface area (Å²) in [5, 5.41) is 9.76. The number of nitrogens with zero attached hydrogens (tertiary/aromatic N) is 3. The van der Waals surface area contributed by atoms with Gasteiger partial charge in [-0.25, -0.2) is 4.39 Å². The first-order chi connectivity index (χ1) is 14.5. The highest BCUT2D eigenvalue weighted by Gasteiger charge is 2.46. The van der Waals surface area contributed by atoms with Crippen LogP contribution in [0.25, 0.3) is 11.0 Å². The first-order valence-electron chi connectivity index (χ1n) is 9.16. The summed E-state index contributed by atoms with van der Waals surface area (Å²) in [5.41, 5.74) is 0.0369. The van der Waals surface area contributed by atoms with Crippen molar-refractivity contribution in [2.24, 2.45) is 0 Å². The first-order valence-corrected chi connectivity index (χ1v) is 10.4. The fourth-order valence-corrected chi connectivity index (χ4v) is 4.60. The minimum atomic E-state index is -1.02. The molecular weight excluding hydrogens is 429 g/mol. The minimum absolute atomic E-state index is 0.0631. The Morgan fingerprint density at radius 2 is 2.00 bits per heavy atom. The molecule has 150 valence electrons. The second kappa shape index (κ2) is 7.00. The van der Waals surface area contributed by atoms with Gasteiger partial charge in [0.2, 0.25) is 10.9 Å². The molecule has 1 aliphatic heterocycles. The van der Waals surface area contributed by atoms with Gasteiger partial charge in [0.25, 0.3) is 5.91 Å². The van der Waals surface area contributed by atoms with Crippen LogP contribution < -0.4 is 10.3 Å². The van der Waals surface area contributed by atoms with Crippen molar-refractivity contribution in [3.05, 3.63) is 85.4 Å². The maximum absolute atomic E-state index is 14.8. The number of aryl methyl sites for hydroxylation is 1. The average molecular weight is 442 g/mol. The molecule has 0 spiro atoms. The molecule has 1 amide bonds. The lowest BCUT2D eigenvalue weighted by atomic mass is 9.98. The number of rotatable bonds is 3. The SMILES string of the molecule is CCc1nnc(N2C(=O)c3oc4ccc(Cl)cc4c(=O)c3[C@H]2c2ccccc2F)s1. The molecule has 6 nitrogen and oxygen atoms in total. The predicted octanol–water partition coefficient (Wildman–Crippen LogP) is 4.75. The van der Waals surface area contributed by atoms with Crippen molar-refractivity contribution in [1.82, 2.24) is 10.2 Å². The van der Waals surface area contributed by atoms with Gasteiger partial charge in [0.1, 0.15) is 22.4 Å². The number of aromatic nitrogens is 2. The maximum Gasteiger partial charge on any atom is 0.297 e. The molecule has 0 unspecified atom stereocenters. The summed E-state index contributed by atoms with van der Waals surface area (Å²) in [6, 6.07) is 9.59. The molecule has 0 fully saturated rings. The molecule has 0 N–H and O–H groups in total. The van der Waals surface area contributed by atoms with E-state index in [1.807, 2.05) is 6.92 Å². The second-order valence-corrected chi connectivity index (χ2v) is 8.22. The van der Waals surface area contributed by atoms with E-state index in [-0.39, 0.29) is 33.0 Å². The number of hydrogen-bond donors (Lipinski definition) is 0. The van der Waals surface area contributed by atoms with E-state index >= 15 is 0 Å². The van der Waals surface area contributed by atoms with E-state index < -0.39 is 23.2 Å². The molecule has 2 aromatic carbocycles. The summed E-state index contributed by atoms with van der Waals surface area (Å²) >= 11 is 7.27. The number of benzene rings is 2. The highest BCUT2D eigenvalue weighted by molar-refractivity contribution is 7.15. The molecule has 2 aromatic heterocycles. The third kappa shape index (κ3) is 2.75. The zero-order chi connectivity index (χ0) is 21.0. The Hall–Kier alpha value is -3.10. The Balaban J connectivity index is 1.83. The smallest absolute Gasteiger partial charge is 0.297 e. The van der Waals surface area contributed by atoms with Gasteiger partial charge in [-0.1, -0.05) is 48.1 Å². The van der Waals surface area contributed by atoms with Crippen molar-refractivity contribution < 1.29 is 13.6 Å². The van der Waals surface area contributed by atoms with Gasteiger partial charge in [-0.05, 0) is 30.7 Å². The zero-order valence-electron chi connectivity index (χ0n) is 15.6. The molecule has 5 rings (SSSR count). The van der Waals surface area contributed by atoms with Gasteiger partial charge in [-0.15, -0.1) is 10.2 Å². The van der Waals surface area contributed by atoms with Crippen molar-refractivity contribution in [3.8, 4) is 0 Å². The first kappa shape index (κ1) is 18.9. The second-order valence-electron chi connectivity index (χ2n) is 6.75. The van der Waals surface area contributed by atoms with E-state index in [9.17, 15) is 14.0 Å². The molecule has 0 saturated heterocycles. The molecule has 1 atom stereocenters. The van der Waals surface area contributed by atoms with Crippen molar-refractivity contribution in [2.75, 3.05) is 4.90 Å². The fourth-order valence-electron chi connectivity index (χ4n) is 3.62. The van der Waals surface area contributed by atoms with E-state index in [1.165, 1.54) is 34.4 Å². The van der Waals surface area contributed by atoms with Gasteiger partial charge >= 0.3 is 0 Å². The lowest BCUT2D eigenvalue weighted by Gasteiger charge is -2.22. The fraction of sp³-hybridized carbons (Fsp3) is 0.143. The molecule has 0 radical (unpaired) electrons. The summed E-state index contributed by atoms with van der Waals surface area (Å²) in [4.78, 5) is 28.0. The third-order valence-electron chi connectivity index (χ3n) is 5.00. The predicted molar refractivity (Wildman–Crippen MR) is 112 cm³/mol. The van der Waals surface area contributed by atoms with Gasteiger partial charge < -0.3 is 4.42 Å². The zero-order valence-corrected chi connectivity index (χ0v) is 17.1. The van der Waals surface area contributed by atoms with Crippen LogP contribution in [-0.4, -0.2) is 16.1 Å². The number of carbonyl (C=O) groups excluding carboxylic acids is 1. The van der Waals surface area contributed by atoms with Crippen LogP contribution in [0.2, 0.25) is 5.02 Å². The Labute approximate surface area is 178 Å². The summed E-state index contributed by atoms with van der Waals surface area (Å²) in [5.74, 6) is -1.23. The van der Waals surface area contributed by atoms with E-state index in [4.69, 9.17) is 16.0 Å². The van der Waals surface area contributed by atoms with E-state index in [0.717, 1.165) is 5.01 Å². The van der Waals surface area contributed by atoms with E-state index in [2.05, 4.69) is 10.2 Å². The minimum Gasteiger partial charge on any atom is -0.450 e. The van der Waals surface area contributed by atoms with Crippen molar-refractivity contribution in [1.29, 1.82) is 0 Å².